The van der Waals surface area contributed by atoms with E-state index in [4.69, 9.17) is 0 Å². The van der Waals surface area contributed by atoms with E-state index < -0.39 is 6.09 Å². The van der Waals surface area contributed by atoms with Gasteiger partial charge < -0.3 is 14.9 Å². The number of halogens is 1. The van der Waals surface area contributed by atoms with Crippen LogP contribution in [0.4, 0.5) is 10.6 Å². The zero-order valence-corrected chi connectivity index (χ0v) is 17.2. The third kappa shape index (κ3) is 3.49. The molecule has 1 aliphatic rings. The number of carbonyl (C=O) groups is 1. The molecule has 1 N–H and O–H groups in total. The number of benzene rings is 1. The summed E-state index contributed by atoms with van der Waals surface area (Å²) >= 11 is 3.49. The Hall–Kier alpha value is -1.89. The van der Waals surface area contributed by atoms with Crippen LogP contribution in [0.2, 0.25) is 0 Å². The summed E-state index contributed by atoms with van der Waals surface area (Å²) in [5.74, 6) is 0.875. The molecule has 140 valence electrons. The first kappa shape index (κ1) is 18.9. The minimum atomic E-state index is -0.870. The second-order valence-corrected chi connectivity index (χ2v) is 8.76. The summed E-state index contributed by atoms with van der Waals surface area (Å²) in [5, 5.41) is 20.3. The molecule has 0 aliphatic carbocycles. The molecule has 2 heterocycles. The van der Waals surface area contributed by atoms with E-state index in [1.165, 1.54) is 4.90 Å². The van der Waals surface area contributed by atoms with Crippen molar-refractivity contribution in [3.8, 4) is 0 Å². The number of nitrogens with zero attached hydrogens (tertiary/aromatic N) is 4. The lowest BCUT2D eigenvalue weighted by Crippen LogP contribution is -2.55. The molecule has 1 aromatic heterocycles. The maximum atomic E-state index is 11.4. The van der Waals surface area contributed by atoms with Gasteiger partial charge in [-0.15, -0.1) is 10.2 Å². The molecule has 1 fully saturated rings. The fraction of sp³-hybridized carbons (Fsp3) is 0.526. The molecule has 1 saturated heterocycles. The van der Waals surface area contributed by atoms with E-state index in [9.17, 15) is 9.90 Å². The highest BCUT2D eigenvalue weighted by molar-refractivity contribution is 9.10. The Morgan fingerprint density at radius 1 is 1.27 bits per heavy atom. The van der Waals surface area contributed by atoms with Crippen LogP contribution in [0.15, 0.2) is 28.9 Å². The average molecular weight is 421 g/mol. The molecule has 7 heteroatoms. The standard InChI is InChI=1S/C19H25BrN4O2/c1-19(2,3)15-11-12(23(4)18(25)26)9-10-24(15)17-14-8-6-5-7-13(14)16(20)21-22-17/h5-8,12,15H,9-11H2,1-4H3,(H,25,26). The number of piperidine rings is 1. The summed E-state index contributed by atoms with van der Waals surface area (Å²) in [6, 6.07) is 8.29. The van der Waals surface area contributed by atoms with Gasteiger partial charge in [-0.2, -0.15) is 0 Å². The zero-order chi connectivity index (χ0) is 19.1. The fourth-order valence-electron chi connectivity index (χ4n) is 3.80. The van der Waals surface area contributed by atoms with E-state index >= 15 is 0 Å². The Morgan fingerprint density at radius 3 is 2.54 bits per heavy atom. The predicted molar refractivity (Wildman–Crippen MR) is 107 cm³/mol. The highest BCUT2D eigenvalue weighted by Gasteiger charge is 2.39. The van der Waals surface area contributed by atoms with Gasteiger partial charge in [0.2, 0.25) is 0 Å². The van der Waals surface area contributed by atoms with Crippen molar-refractivity contribution in [2.45, 2.75) is 45.7 Å². The van der Waals surface area contributed by atoms with E-state index in [1.807, 2.05) is 18.2 Å². The minimum absolute atomic E-state index is 0.0163. The summed E-state index contributed by atoms with van der Waals surface area (Å²) in [4.78, 5) is 15.2. The molecule has 2 unspecified atom stereocenters. The first-order valence-corrected chi connectivity index (χ1v) is 9.62. The maximum Gasteiger partial charge on any atom is 0.407 e. The second kappa shape index (κ2) is 7.02. The second-order valence-electron chi connectivity index (χ2n) is 8.01. The van der Waals surface area contributed by atoms with Gasteiger partial charge in [0, 0.05) is 36.4 Å². The Bertz CT molecular complexity index is 821. The van der Waals surface area contributed by atoms with E-state index in [2.05, 4.69) is 57.9 Å². The molecule has 3 rings (SSSR count). The van der Waals surface area contributed by atoms with E-state index in [0.29, 0.717) is 0 Å². The maximum absolute atomic E-state index is 11.4. The average Bonchev–Trinajstić information content (AvgIpc) is 2.60. The number of hydrogen-bond acceptors (Lipinski definition) is 4. The normalized spacial score (nSPS) is 21.0. The third-order valence-corrected chi connectivity index (χ3v) is 5.90. The molecule has 6 nitrogen and oxygen atoms in total. The van der Waals surface area contributed by atoms with Gasteiger partial charge in [0.1, 0.15) is 4.60 Å². The molecular weight excluding hydrogens is 396 g/mol. The summed E-state index contributed by atoms with van der Waals surface area (Å²) in [7, 11) is 1.66. The SMILES string of the molecule is CN(C(=O)O)C1CCN(c2nnc(Br)c3ccccc23)C(C(C)(C)C)C1. The molecule has 1 aliphatic heterocycles. The van der Waals surface area contributed by atoms with Gasteiger partial charge in [-0.3, -0.25) is 0 Å². The van der Waals surface area contributed by atoms with E-state index in [0.717, 1.165) is 40.6 Å². The number of amides is 1. The topological polar surface area (TPSA) is 69.6 Å². The predicted octanol–water partition coefficient (Wildman–Crippen LogP) is 4.39. The van der Waals surface area contributed by atoms with E-state index in [-0.39, 0.29) is 17.5 Å². The van der Waals surface area contributed by atoms with Crippen LogP contribution in [0.1, 0.15) is 33.6 Å². The molecule has 2 aromatic rings. The molecule has 0 saturated carbocycles. The lowest BCUT2D eigenvalue weighted by Gasteiger charge is -2.48. The summed E-state index contributed by atoms with van der Waals surface area (Å²) in [5.41, 5.74) is -0.0200. The van der Waals surface area contributed by atoms with Crippen molar-refractivity contribution < 1.29 is 9.90 Å². The Balaban J connectivity index is 2.02. The molecule has 1 amide bonds. The highest BCUT2D eigenvalue weighted by atomic mass is 79.9. The number of hydrogen-bond donors (Lipinski definition) is 1. The van der Waals surface area contributed by atoms with Gasteiger partial charge in [-0.25, -0.2) is 4.79 Å². The molecule has 0 radical (unpaired) electrons. The summed E-state index contributed by atoms with van der Waals surface area (Å²) < 4.78 is 0.740. The minimum Gasteiger partial charge on any atom is -0.465 e. The lowest BCUT2D eigenvalue weighted by atomic mass is 9.78. The first-order valence-electron chi connectivity index (χ1n) is 8.83. The number of carboxylic acid groups (broad SMARTS) is 1. The first-order chi connectivity index (χ1) is 12.2. The quantitative estimate of drug-likeness (QED) is 0.779. The van der Waals surface area contributed by atoms with Crippen molar-refractivity contribution in [3.05, 3.63) is 28.9 Å². The number of anilines is 1. The van der Waals surface area contributed by atoms with Gasteiger partial charge in [0.25, 0.3) is 0 Å². The number of fused-ring (bicyclic) bond motifs is 1. The van der Waals surface area contributed by atoms with Gasteiger partial charge in [-0.1, -0.05) is 45.0 Å². The van der Waals surface area contributed by atoms with Gasteiger partial charge >= 0.3 is 6.09 Å². The smallest absolute Gasteiger partial charge is 0.407 e. The highest BCUT2D eigenvalue weighted by Crippen LogP contribution is 2.38. The van der Waals surface area contributed by atoms with Crippen LogP contribution in [0.5, 0.6) is 0 Å². The lowest BCUT2D eigenvalue weighted by molar-refractivity contribution is 0.114. The van der Waals surface area contributed by atoms with Crippen LogP contribution >= 0.6 is 15.9 Å². The van der Waals surface area contributed by atoms with Crippen LogP contribution in [0.25, 0.3) is 10.8 Å². The van der Waals surface area contributed by atoms with Gasteiger partial charge in [-0.05, 0) is 34.2 Å². The van der Waals surface area contributed by atoms with Crippen LogP contribution < -0.4 is 4.90 Å². The summed E-state index contributed by atoms with van der Waals surface area (Å²) in [6.45, 7) is 7.34. The van der Waals surface area contributed by atoms with Crippen LogP contribution in [-0.2, 0) is 0 Å². The van der Waals surface area contributed by atoms with Crippen molar-refractivity contribution in [3.63, 3.8) is 0 Å². The van der Waals surface area contributed by atoms with Crippen molar-refractivity contribution in [2.75, 3.05) is 18.5 Å². The van der Waals surface area contributed by atoms with Gasteiger partial charge in [0.15, 0.2) is 5.82 Å². The van der Waals surface area contributed by atoms with E-state index in [1.54, 1.807) is 7.05 Å². The van der Waals surface area contributed by atoms with Crippen LogP contribution in [0, 0.1) is 5.41 Å². The molecule has 26 heavy (non-hydrogen) atoms. The zero-order valence-electron chi connectivity index (χ0n) is 15.6. The van der Waals surface area contributed by atoms with Crippen molar-refractivity contribution in [2.24, 2.45) is 5.41 Å². The molecular formula is C19H25BrN4O2. The monoisotopic (exact) mass is 420 g/mol. The number of rotatable bonds is 2. The molecule has 2 atom stereocenters. The van der Waals surface area contributed by atoms with Crippen molar-refractivity contribution in [1.82, 2.24) is 15.1 Å². The Labute approximate surface area is 162 Å². The molecule has 0 bridgehead atoms. The fourth-order valence-corrected chi connectivity index (χ4v) is 4.22. The molecule has 0 spiro atoms. The molecule has 1 aromatic carbocycles. The van der Waals surface area contributed by atoms with Crippen molar-refractivity contribution in [1.29, 1.82) is 0 Å². The largest absolute Gasteiger partial charge is 0.465 e. The van der Waals surface area contributed by atoms with Gasteiger partial charge in [0.05, 0.1) is 0 Å². The Kier molecular flexibility index (Phi) is 5.10. The van der Waals surface area contributed by atoms with Crippen LogP contribution in [-0.4, -0.2) is 52.0 Å². The summed E-state index contributed by atoms with van der Waals surface area (Å²) in [6.07, 6.45) is 0.685. The number of aromatic nitrogens is 2. The third-order valence-electron chi connectivity index (χ3n) is 5.32. The van der Waals surface area contributed by atoms with Crippen LogP contribution in [0.3, 0.4) is 0 Å². The van der Waals surface area contributed by atoms with Crippen molar-refractivity contribution >= 4 is 38.6 Å². The Morgan fingerprint density at radius 2 is 1.92 bits per heavy atom.